The molecule has 0 bridgehead atoms. The van der Waals surface area contributed by atoms with E-state index >= 15 is 0 Å². The van der Waals surface area contributed by atoms with Crippen LogP contribution in [0.5, 0.6) is 0 Å². The molecule has 0 saturated heterocycles. The fourth-order valence-electron chi connectivity index (χ4n) is 2.92. The van der Waals surface area contributed by atoms with Gasteiger partial charge in [-0.2, -0.15) is 0 Å². The number of hydrogen-bond acceptors (Lipinski definition) is 4. The quantitative estimate of drug-likeness (QED) is 0.646. The van der Waals surface area contributed by atoms with Crippen LogP contribution in [-0.2, 0) is 9.53 Å². The van der Waals surface area contributed by atoms with Gasteiger partial charge in [-0.3, -0.25) is 4.79 Å². The van der Waals surface area contributed by atoms with Gasteiger partial charge in [0.05, 0.1) is 5.56 Å². The summed E-state index contributed by atoms with van der Waals surface area (Å²) in [6.07, 6.45) is 5.25. The summed E-state index contributed by atoms with van der Waals surface area (Å²) in [5.74, 6) is -0.273. The number of anilines is 1. The van der Waals surface area contributed by atoms with E-state index in [1.165, 1.54) is 19.3 Å². The Morgan fingerprint density at radius 2 is 2.00 bits per heavy atom. The van der Waals surface area contributed by atoms with Gasteiger partial charge < -0.3 is 15.8 Å². The summed E-state index contributed by atoms with van der Waals surface area (Å²) in [6.45, 7) is 4.07. The van der Waals surface area contributed by atoms with Crippen molar-refractivity contribution >= 4 is 17.6 Å². The number of rotatable bonds is 5. The molecule has 0 heterocycles. The Labute approximate surface area is 137 Å². The summed E-state index contributed by atoms with van der Waals surface area (Å²) < 4.78 is 5.24. The summed E-state index contributed by atoms with van der Waals surface area (Å²) in [5, 5.41) is 2.89. The van der Waals surface area contributed by atoms with Gasteiger partial charge in [0.2, 0.25) is 0 Å². The number of aryl methyl sites for hydroxylation is 1. The minimum atomic E-state index is -0.828. The molecule has 1 aliphatic rings. The maximum absolute atomic E-state index is 12.2. The lowest BCUT2D eigenvalue weighted by Gasteiger charge is -2.22. The Bertz CT molecular complexity index is 565. The number of amides is 1. The van der Waals surface area contributed by atoms with Gasteiger partial charge in [0.25, 0.3) is 5.91 Å². The third kappa shape index (κ3) is 4.71. The van der Waals surface area contributed by atoms with Crippen molar-refractivity contribution in [3.8, 4) is 0 Å². The molecule has 1 atom stereocenters. The minimum absolute atomic E-state index is 0.254. The fourth-order valence-corrected chi connectivity index (χ4v) is 2.92. The Morgan fingerprint density at radius 1 is 1.30 bits per heavy atom. The molecule has 0 aromatic heterocycles. The first kappa shape index (κ1) is 17.3. The standard InChI is InChI=1S/C18H26N2O3/c1-12-7-6-10-15(16(12)19)18(22)23-13(2)17(21)20-11-14-8-4-3-5-9-14/h6-7,10,13-14H,3-5,8-9,11,19H2,1-2H3,(H,20,21)/t13-/m0/s1. The van der Waals surface area contributed by atoms with E-state index in [0.29, 0.717) is 23.7 Å². The third-order valence-electron chi connectivity index (χ3n) is 4.49. The molecule has 23 heavy (non-hydrogen) atoms. The number of hydrogen-bond donors (Lipinski definition) is 2. The van der Waals surface area contributed by atoms with E-state index in [-0.39, 0.29) is 5.91 Å². The molecule has 1 fully saturated rings. The first-order valence-corrected chi connectivity index (χ1v) is 8.33. The van der Waals surface area contributed by atoms with Crippen LogP contribution in [0.2, 0.25) is 0 Å². The van der Waals surface area contributed by atoms with E-state index in [4.69, 9.17) is 10.5 Å². The number of carbonyl (C=O) groups is 2. The van der Waals surface area contributed by atoms with Gasteiger partial charge in [-0.1, -0.05) is 31.4 Å². The molecule has 0 aliphatic heterocycles. The molecule has 0 spiro atoms. The highest BCUT2D eigenvalue weighted by Gasteiger charge is 2.22. The topological polar surface area (TPSA) is 81.4 Å². The first-order chi connectivity index (χ1) is 11.0. The van der Waals surface area contributed by atoms with Gasteiger partial charge in [-0.15, -0.1) is 0 Å². The van der Waals surface area contributed by atoms with Crippen LogP contribution < -0.4 is 11.1 Å². The first-order valence-electron chi connectivity index (χ1n) is 8.33. The van der Waals surface area contributed by atoms with Crippen LogP contribution in [-0.4, -0.2) is 24.5 Å². The normalized spacial score (nSPS) is 16.6. The second-order valence-corrected chi connectivity index (χ2v) is 6.33. The zero-order chi connectivity index (χ0) is 16.8. The largest absolute Gasteiger partial charge is 0.449 e. The average molecular weight is 318 g/mol. The smallest absolute Gasteiger partial charge is 0.341 e. The van der Waals surface area contributed by atoms with Crippen molar-refractivity contribution < 1.29 is 14.3 Å². The molecule has 3 N–H and O–H groups in total. The number of nitrogens with two attached hydrogens (primary N) is 1. The zero-order valence-corrected chi connectivity index (χ0v) is 13.9. The van der Waals surface area contributed by atoms with Crippen LogP contribution >= 0.6 is 0 Å². The lowest BCUT2D eigenvalue weighted by Crippen LogP contribution is -2.38. The predicted octanol–water partition coefficient (Wildman–Crippen LogP) is 2.82. The van der Waals surface area contributed by atoms with E-state index in [2.05, 4.69) is 5.32 Å². The Kier molecular flexibility index (Phi) is 6.02. The number of esters is 1. The van der Waals surface area contributed by atoms with E-state index < -0.39 is 12.1 Å². The van der Waals surface area contributed by atoms with Crippen LogP contribution in [0.25, 0.3) is 0 Å². The van der Waals surface area contributed by atoms with Crippen molar-refractivity contribution in [2.24, 2.45) is 5.92 Å². The van der Waals surface area contributed by atoms with E-state index in [0.717, 1.165) is 18.4 Å². The van der Waals surface area contributed by atoms with Crippen molar-refractivity contribution in [2.45, 2.75) is 52.1 Å². The molecule has 126 valence electrons. The molecule has 1 amide bonds. The van der Waals surface area contributed by atoms with Gasteiger partial charge in [-0.25, -0.2) is 4.79 Å². The van der Waals surface area contributed by atoms with Crippen LogP contribution in [0.15, 0.2) is 18.2 Å². The van der Waals surface area contributed by atoms with Gasteiger partial charge in [-0.05, 0) is 44.2 Å². The molecule has 2 rings (SSSR count). The number of nitrogens with one attached hydrogen (secondary N) is 1. The van der Waals surface area contributed by atoms with E-state index in [9.17, 15) is 9.59 Å². The van der Waals surface area contributed by atoms with Crippen LogP contribution in [0.4, 0.5) is 5.69 Å². The second kappa shape index (κ2) is 7.99. The number of benzene rings is 1. The predicted molar refractivity (Wildman–Crippen MR) is 90.1 cm³/mol. The maximum atomic E-state index is 12.2. The Hall–Kier alpha value is -2.04. The molecular weight excluding hydrogens is 292 g/mol. The molecule has 0 unspecified atom stereocenters. The van der Waals surface area contributed by atoms with Crippen molar-refractivity contribution in [2.75, 3.05) is 12.3 Å². The molecular formula is C18H26N2O3. The van der Waals surface area contributed by atoms with Crippen LogP contribution in [0.1, 0.15) is 54.9 Å². The van der Waals surface area contributed by atoms with E-state index in [1.807, 2.05) is 13.0 Å². The molecule has 1 aliphatic carbocycles. The minimum Gasteiger partial charge on any atom is -0.449 e. The number of ether oxygens (including phenoxy) is 1. The molecule has 1 aromatic carbocycles. The van der Waals surface area contributed by atoms with Gasteiger partial charge in [0.15, 0.2) is 6.10 Å². The SMILES string of the molecule is Cc1cccc(C(=O)O[C@@H](C)C(=O)NCC2CCCCC2)c1N. The third-order valence-corrected chi connectivity index (χ3v) is 4.49. The summed E-state index contributed by atoms with van der Waals surface area (Å²) in [4.78, 5) is 24.2. The van der Waals surface area contributed by atoms with Crippen molar-refractivity contribution in [1.29, 1.82) is 0 Å². The maximum Gasteiger partial charge on any atom is 0.341 e. The van der Waals surface area contributed by atoms with Crippen molar-refractivity contribution in [1.82, 2.24) is 5.32 Å². The second-order valence-electron chi connectivity index (χ2n) is 6.33. The highest BCUT2D eigenvalue weighted by molar-refractivity contribution is 5.97. The van der Waals surface area contributed by atoms with E-state index in [1.54, 1.807) is 19.1 Å². The average Bonchev–Trinajstić information content (AvgIpc) is 2.55. The molecule has 1 aromatic rings. The summed E-state index contributed by atoms with van der Waals surface area (Å²) >= 11 is 0. The van der Waals surface area contributed by atoms with Crippen LogP contribution in [0.3, 0.4) is 0 Å². The Balaban J connectivity index is 1.85. The molecule has 1 saturated carbocycles. The molecule has 5 nitrogen and oxygen atoms in total. The number of nitrogen functional groups attached to an aromatic ring is 1. The van der Waals surface area contributed by atoms with Gasteiger partial charge >= 0.3 is 5.97 Å². The summed E-state index contributed by atoms with van der Waals surface area (Å²) in [5.41, 5.74) is 7.40. The van der Waals surface area contributed by atoms with Gasteiger partial charge in [0, 0.05) is 12.2 Å². The summed E-state index contributed by atoms with van der Waals surface area (Å²) in [7, 11) is 0. The van der Waals surface area contributed by atoms with Crippen LogP contribution in [0, 0.1) is 12.8 Å². The summed E-state index contributed by atoms with van der Waals surface area (Å²) in [6, 6.07) is 5.18. The number of para-hydroxylation sites is 1. The molecule has 0 radical (unpaired) electrons. The Morgan fingerprint density at radius 3 is 2.70 bits per heavy atom. The number of carbonyl (C=O) groups excluding carboxylic acids is 2. The molecule has 5 heteroatoms. The fraction of sp³-hybridized carbons (Fsp3) is 0.556. The highest BCUT2D eigenvalue weighted by atomic mass is 16.5. The lowest BCUT2D eigenvalue weighted by molar-refractivity contribution is -0.129. The highest BCUT2D eigenvalue weighted by Crippen LogP contribution is 2.23. The van der Waals surface area contributed by atoms with Crippen molar-refractivity contribution in [3.05, 3.63) is 29.3 Å². The monoisotopic (exact) mass is 318 g/mol. The van der Waals surface area contributed by atoms with Gasteiger partial charge in [0.1, 0.15) is 0 Å². The zero-order valence-electron chi connectivity index (χ0n) is 13.9. The van der Waals surface area contributed by atoms with Crippen molar-refractivity contribution in [3.63, 3.8) is 0 Å². The lowest BCUT2D eigenvalue weighted by atomic mass is 9.89.